The highest BCUT2D eigenvalue weighted by Gasteiger charge is 2.39. The molecule has 2 N–H and O–H groups in total. The first-order chi connectivity index (χ1) is 8.55. The molecule has 6 nitrogen and oxygen atoms in total. The normalized spacial score (nSPS) is 35.6. The Morgan fingerprint density at radius 2 is 2.28 bits per heavy atom. The van der Waals surface area contributed by atoms with Crippen LogP contribution in [0.1, 0.15) is 19.8 Å². The van der Waals surface area contributed by atoms with Crippen LogP contribution >= 0.6 is 0 Å². The van der Waals surface area contributed by atoms with Crippen LogP contribution in [0.4, 0.5) is 0 Å². The van der Waals surface area contributed by atoms with Crippen molar-refractivity contribution in [2.24, 2.45) is 0 Å². The van der Waals surface area contributed by atoms with Gasteiger partial charge >= 0.3 is 0 Å². The number of aliphatic hydroxyl groups excluding tert-OH is 1. The molecule has 0 aromatic heterocycles. The zero-order valence-electron chi connectivity index (χ0n) is 10.7. The summed E-state index contributed by atoms with van der Waals surface area (Å²) in [7, 11) is -3.30. The lowest BCUT2D eigenvalue weighted by molar-refractivity contribution is -0.0519. The lowest BCUT2D eigenvalue weighted by Crippen LogP contribution is -2.56. The molecule has 3 atom stereocenters. The van der Waals surface area contributed by atoms with E-state index in [1.807, 2.05) is 6.92 Å². The Balaban J connectivity index is 2.11. The number of nitrogens with one attached hydrogen (secondary N) is 1. The zero-order chi connectivity index (χ0) is 13.2. The predicted octanol–water partition coefficient (Wildman–Crippen LogP) is -0.850. The molecule has 0 aromatic rings. The molecule has 0 saturated carbocycles. The van der Waals surface area contributed by atoms with Gasteiger partial charge in [-0.2, -0.15) is 4.31 Å². The van der Waals surface area contributed by atoms with Gasteiger partial charge in [0.25, 0.3) is 0 Å². The molecule has 0 aliphatic carbocycles. The van der Waals surface area contributed by atoms with Gasteiger partial charge in [-0.15, -0.1) is 0 Å². The number of hydrogen-bond acceptors (Lipinski definition) is 5. The van der Waals surface area contributed by atoms with Crippen molar-refractivity contribution in [1.29, 1.82) is 0 Å². The topological polar surface area (TPSA) is 78.9 Å². The van der Waals surface area contributed by atoms with Crippen LogP contribution in [0.15, 0.2) is 0 Å². The van der Waals surface area contributed by atoms with E-state index in [0.717, 1.165) is 13.0 Å². The van der Waals surface area contributed by atoms with E-state index in [-0.39, 0.29) is 24.4 Å². The first-order valence-electron chi connectivity index (χ1n) is 6.49. The minimum absolute atomic E-state index is 0.137. The molecular weight excluding hydrogens is 256 g/mol. The van der Waals surface area contributed by atoms with Gasteiger partial charge < -0.3 is 15.2 Å². The third kappa shape index (κ3) is 2.85. The molecule has 0 radical (unpaired) electrons. The van der Waals surface area contributed by atoms with Crippen molar-refractivity contribution in [2.45, 2.75) is 37.2 Å². The first kappa shape index (κ1) is 14.2. The van der Waals surface area contributed by atoms with Crippen LogP contribution in [0.3, 0.4) is 0 Å². The highest BCUT2D eigenvalue weighted by molar-refractivity contribution is 7.89. The van der Waals surface area contributed by atoms with Gasteiger partial charge in [-0.25, -0.2) is 8.42 Å². The van der Waals surface area contributed by atoms with Crippen molar-refractivity contribution in [2.75, 3.05) is 32.8 Å². The van der Waals surface area contributed by atoms with E-state index >= 15 is 0 Å². The molecule has 3 unspecified atom stereocenters. The van der Waals surface area contributed by atoms with Crippen LogP contribution in [-0.2, 0) is 14.8 Å². The van der Waals surface area contributed by atoms with Gasteiger partial charge in [-0.1, -0.05) is 0 Å². The van der Waals surface area contributed by atoms with Gasteiger partial charge in [0.1, 0.15) is 0 Å². The summed E-state index contributed by atoms with van der Waals surface area (Å²) in [4.78, 5) is 0. The molecule has 2 heterocycles. The maximum absolute atomic E-state index is 12.6. The Hall–Kier alpha value is -0.210. The van der Waals surface area contributed by atoms with Gasteiger partial charge in [0, 0.05) is 19.1 Å². The smallest absolute Gasteiger partial charge is 0.218 e. The fourth-order valence-corrected chi connectivity index (χ4v) is 4.64. The minimum Gasteiger partial charge on any atom is -0.394 e. The fourth-order valence-electron chi connectivity index (χ4n) is 2.52. The van der Waals surface area contributed by atoms with Crippen LogP contribution in [0, 0.1) is 0 Å². The molecule has 106 valence electrons. The Kier molecular flexibility index (Phi) is 4.60. The van der Waals surface area contributed by atoms with Crippen LogP contribution in [0.2, 0.25) is 0 Å². The number of morpholine rings is 1. The van der Waals surface area contributed by atoms with Gasteiger partial charge in [0.15, 0.2) is 0 Å². The second-order valence-electron chi connectivity index (χ2n) is 5.07. The van der Waals surface area contributed by atoms with E-state index in [1.54, 1.807) is 0 Å². The molecule has 2 aliphatic heterocycles. The summed E-state index contributed by atoms with van der Waals surface area (Å²) in [5.74, 6) is 0. The first-order valence-corrected chi connectivity index (χ1v) is 8.00. The number of ether oxygens (including phenoxy) is 1. The Bertz CT molecular complexity index is 367. The third-order valence-corrected chi connectivity index (χ3v) is 6.06. The highest BCUT2D eigenvalue weighted by atomic mass is 32.2. The van der Waals surface area contributed by atoms with E-state index in [9.17, 15) is 8.42 Å². The van der Waals surface area contributed by atoms with Gasteiger partial charge in [0.05, 0.1) is 24.6 Å². The van der Waals surface area contributed by atoms with Gasteiger partial charge in [-0.3, -0.25) is 0 Å². The summed E-state index contributed by atoms with van der Waals surface area (Å²) < 4.78 is 32.0. The van der Waals surface area contributed by atoms with Crippen molar-refractivity contribution >= 4 is 10.0 Å². The summed E-state index contributed by atoms with van der Waals surface area (Å²) in [5.41, 5.74) is 0. The minimum atomic E-state index is -3.30. The van der Waals surface area contributed by atoms with Crippen molar-refractivity contribution in [3.63, 3.8) is 0 Å². The second-order valence-corrected chi connectivity index (χ2v) is 7.24. The van der Waals surface area contributed by atoms with Crippen LogP contribution in [0.25, 0.3) is 0 Å². The third-order valence-electron chi connectivity index (χ3n) is 3.65. The van der Waals surface area contributed by atoms with Crippen LogP contribution < -0.4 is 5.32 Å². The van der Waals surface area contributed by atoms with Gasteiger partial charge in [0.2, 0.25) is 10.0 Å². The molecule has 18 heavy (non-hydrogen) atoms. The molecular formula is C11H22N2O4S. The van der Waals surface area contributed by atoms with Crippen molar-refractivity contribution in [1.82, 2.24) is 9.62 Å². The lowest BCUT2D eigenvalue weighted by Gasteiger charge is -2.39. The summed E-state index contributed by atoms with van der Waals surface area (Å²) in [5, 5.41) is 11.9. The van der Waals surface area contributed by atoms with Crippen molar-refractivity contribution < 1.29 is 18.3 Å². The molecule has 0 spiro atoms. The average Bonchev–Trinajstić information content (AvgIpc) is 2.40. The van der Waals surface area contributed by atoms with Gasteiger partial charge in [-0.05, 0) is 26.3 Å². The number of nitrogens with zero attached hydrogens (tertiary/aromatic N) is 1. The molecule has 2 saturated heterocycles. The maximum atomic E-state index is 12.6. The van der Waals surface area contributed by atoms with Crippen molar-refractivity contribution in [3.8, 4) is 0 Å². The summed E-state index contributed by atoms with van der Waals surface area (Å²) in [6.45, 7) is 3.74. The quantitative estimate of drug-likeness (QED) is 0.703. The predicted molar refractivity (Wildman–Crippen MR) is 67.8 cm³/mol. The van der Waals surface area contributed by atoms with Crippen LogP contribution in [-0.4, -0.2) is 68.1 Å². The largest absolute Gasteiger partial charge is 0.394 e. The zero-order valence-corrected chi connectivity index (χ0v) is 11.5. The van der Waals surface area contributed by atoms with E-state index in [4.69, 9.17) is 9.84 Å². The molecule has 2 aliphatic rings. The summed E-state index contributed by atoms with van der Waals surface area (Å²) in [6, 6.07) is -0.153. The number of rotatable bonds is 3. The maximum Gasteiger partial charge on any atom is 0.218 e. The molecule has 2 fully saturated rings. The van der Waals surface area contributed by atoms with E-state index in [0.29, 0.717) is 19.6 Å². The number of hydrogen-bond donors (Lipinski definition) is 2. The lowest BCUT2D eigenvalue weighted by atomic mass is 10.2. The molecule has 0 amide bonds. The van der Waals surface area contributed by atoms with E-state index in [2.05, 4.69) is 5.32 Å². The Labute approximate surface area is 108 Å². The fraction of sp³-hybridized carbons (Fsp3) is 1.00. The Morgan fingerprint density at radius 3 is 2.89 bits per heavy atom. The average molecular weight is 278 g/mol. The Morgan fingerprint density at radius 1 is 1.50 bits per heavy atom. The summed E-state index contributed by atoms with van der Waals surface area (Å²) >= 11 is 0. The SMILES string of the molecule is CC1COC(CO)CN1S(=O)(=O)C1CCCNC1. The molecule has 2 rings (SSSR count). The summed E-state index contributed by atoms with van der Waals surface area (Å²) in [6.07, 6.45) is 1.21. The monoisotopic (exact) mass is 278 g/mol. The van der Waals surface area contributed by atoms with Crippen LogP contribution in [0.5, 0.6) is 0 Å². The molecule has 0 bridgehead atoms. The number of piperidine rings is 1. The highest BCUT2D eigenvalue weighted by Crippen LogP contribution is 2.22. The number of aliphatic hydroxyl groups is 1. The molecule has 0 aromatic carbocycles. The van der Waals surface area contributed by atoms with Crippen molar-refractivity contribution in [3.05, 3.63) is 0 Å². The standard InChI is InChI=1S/C11H22N2O4S/c1-9-8-17-10(7-14)6-13(9)18(15,16)11-3-2-4-12-5-11/h9-12,14H,2-8H2,1H3. The number of sulfonamides is 1. The second kappa shape index (κ2) is 5.83. The van der Waals surface area contributed by atoms with E-state index in [1.165, 1.54) is 4.31 Å². The van der Waals surface area contributed by atoms with E-state index < -0.39 is 16.1 Å². The molecule has 7 heteroatoms.